The summed E-state index contributed by atoms with van der Waals surface area (Å²) in [6, 6.07) is 0.547. The van der Waals surface area contributed by atoms with Gasteiger partial charge in [-0.15, -0.1) is 0 Å². The van der Waals surface area contributed by atoms with Crippen molar-refractivity contribution < 1.29 is 4.74 Å². The first-order valence-corrected chi connectivity index (χ1v) is 8.56. The Morgan fingerprint density at radius 2 is 2.05 bits per heavy atom. The SMILES string of the molecule is CCCN1CCC(NC(=NC)NCCN(C)CCOC)CC1. The Hall–Kier alpha value is -0.850. The van der Waals surface area contributed by atoms with Crippen LogP contribution in [0.5, 0.6) is 0 Å². The summed E-state index contributed by atoms with van der Waals surface area (Å²) in [6.45, 7) is 9.49. The molecule has 0 radical (unpaired) electrons. The van der Waals surface area contributed by atoms with Gasteiger partial charge in [-0.1, -0.05) is 6.92 Å². The van der Waals surface area contributed by atoms with Crippen LogP contribution in [0.1, 0.15) is 26.2 Å². The zero-order valence-electron chi connectivity index (χ0n) is 14.9. The van der Waals surface area contributed by atoms with E-state index in [4.69, 9.17) is 4.74 Å². The molecular formula is C16H35N5O. The highest BCUT2D eigenvalue weighted by Gasteiger charge is 2.19. The average molecular weight is 313 g/mol. The summed E-state index contributed by atoms with van der Waals surface area (Å²) in [7, 11) is 5.69. The molecule has 22 heavy (non-hydrogen) atoms. The van der Waals surface area contributed by atoms with Gasteiger partial charge in [0.05, 0.1) is 6.61 Å². The topological polar surface area (TPSA) is 52.1 Å². The lowest BCUT2D eigenvalue weighted by molar-refractivity contribution is 0.162. The summed E-state index contributed by atoms with van der Waals surface area (Å²) in [5, 5.41) is 6.96. The summed E-state index contributed by atoms with van der Waals surface area (Å²) in [4.78, 5) is 9.15. The van der Waals surface area contributed by atoms with Crippen LogP contribution < -0.4 is 10.6 Å². The number of likely N-dealkylation sites (tertiary alicyclic amines) is 1. The molecule has 1 aliphatic heterocycles. The van der Waals surface area contributed by atoms with E-state index in [9.17, 15) is 0 Å². The lowest BCUT2D eigenvalue weighted by atomic mass is 10.1. The number of hydrogen-bond acceptors (Lipinski definition) is 4. The van der Waals surface area contributed by atoms with Crippen LogP contribution in [0.15, 0.2) is 4.99 Å². The lowest BCUT2D eigenvalue weighted by Gasteiger charge is -2.32. The molecule has 0 atom stereocenters. The van der Waals surface area contributed by atoms with Gasteiger partial charge >= 0.3 is 0 Å². The van der Waals surface area contributed by atoms with Gasteiger partial charge in [-0.05, 0) is 32.9 Å². The smallest absolute Gasteiger partial charge is 0.191 e. The van der Waals surface area contributed by atoms with Crippen molar-refractivity contribution in [3.05, 3.63) is 0 Å². The molecule has 6 nitrogen and oxygen atoms in total. The minimum Gasteiger partial charge on any atom is -0.383 e. The van der Waals surface area contributed by atoms with Crippen LogP contribution in [-0.2, 0) is 4.74 Å². The molecule has 0 aromatic rings. The highest BCUT2D eigenvalue weighted by molar-refractivity contribution is 5.79. The highest BCUT2D eigenvalue weighted by atomic mass is 16.5. The average Bonchev–Trinajstić information content (AvgIpc) is 2.54. The van der Waals surface area contributed by atoms with Gasteiger partial charge in [-0.25, -0.2) is 0 Å². The zero-order chi connectivity index (χ0) is 16.2. The Morgan fingerprint density at radius 3 is 2.64 bits per heavy atom. The quantitative estimate of drug-likeness (QED) is 0.482. The molecule has 0 bridgehead atoms. The Morgan fingerprint density at radius 1 is 1.32 bits per heavy atom. The van der Waals surface area contributed by atoms with E-state index < -0.39 is 0 Å². The van der Waals surface area contributed by atoms with E-state index in [-0.39, 0.29) is 0 Å². The van der Waals surface area contributed by atoms with Crippen molar-refractivity contribution in [2.75, 3.05) is 67.1 Å². The van der Waals surface area contributed by atoms with Crippen molar-refractivity contribution in [1.82, 2.24) is 20.4 Å². The number of likely N-dealkylation sites (N-methyl/N-ethyl adjacent to an activating group) is 1. The van der Waals surface area contributed by atoms with Crippen molar-refractivity contribution in [3.8, 4) is 0 Å². The van der Waals surface area contributed by atoms with Crippen LogP contribution in [0.25, 0.3) is 0 Å². The second-order valence-corrected chi connectivity index (χ2v) is 6.06. The van der Waals surface area contributed by atoms with E-state index >= 15 is 0 Å². The summed E-state index contributed by atoms with van der Waals surface area (Å²) < 4.78 is 5.09. The van der Waals surface area contributed by atoms with Crippen molar-refractivity contribution in [3.63, 3.8) is 0 Å². The number of nitrogens with one attached hydrogen (secondary N) is 2. The normalized spacial score (nSPS) is 18.0. The number of hydrogen-bond donors (Lipinski definition) is 2. The third-order valence-electron chi connectivity index (χ3n) is 4.15. The second kappa shape index (κ2) is 11.7. The first-order valence-electron chi connectivity index (χ1n) is 8.56. The van der Waals surface area contributed by atoms with E-state index in [1.807, 2.05) is 7.05 Å². The Balaban J connectivity index is 2.17. The first-order chi connectivity index (χ1) is 10.7. The van der Waals surface area contributed by atoms with Gasteiger partial charge in [0.2, 0.25) is 0 Å². The maximum Gasteiger partial charge on any atom is 0.191 e. The third kappa shape index (κ3) is 7.96. The standard InChI is InChI=1S/C16H35N5O/c1-5-9-21-10-6-15(7-11-21)19-16(17-2)18-8-12-20(3)13-14-22-4/h15H,5-14H2,1-4H3,(H2,17,18,19). The molecule has 0 aromatic heterocycles. The van der Waals surface area contributed by atoms with Gasteiger partial charge in [0.15, 0.2) is 5.96 Å². The lowest BCUT2D eigenvalue weighted by Crippen LogP contribution is -2.49. The molecule has 1 saturated heterocycles. The molecule has 1 heterocycles. The van der Waals surface area contributed by atoms with Gasteiger partial charge in [0, 0.05) is 52.9 Å². The number of ether oxygens (including phenoxy) is 1. The minimum atomic E-state index is 0.547. The molecule has 0 saturated carbocycles. The minimum absolute atomic E-state index is 0.547. The van der Waals surface area contributed by atoms with Gasteiger partial charge in [0.25, 0.3) is 0 Å². The Labute approximate surface area is 136 Å². The Bertz CT molecular complexity index is 303. The molecule has 0 amide bonds. The molecule has 0 unspecified atom stereocenters. The number of guanidine groups is 1. The van der Waals surface area contributed by atoms with Crippen LogP contribution >= 0.6 is 0 Å². The van der Waals surface area contributed by atoms with Crippen molar-refractivity contribution in [1.29, 1.82) is 0 Å². The predicted octanol–water partition coefficient (Wildman–Crippen LogP) is 0.604. The van der Waals surface area contributed by atoms with E-state index in [1.165, 1.54) is 38.9 Å². The van der Waals surface area contributed by atoms with Crippen LogP contribution in [-0.4, -0.2) is 88.9 Å². The summed E-state index contributed by atoms with van der Waals surface area (Å²) in [5.41, 5.74) is 0. The molecule has 0 spiro atoms. The molecular weight excluding hydrogens is 278 g/mol. The molecule has 130 valence electrons. The number of aliphatic imine (C=N–C) groups is 1. The Kier molecular flexibility index (Phi) is 10.2. The van der Waals surface area contributed by atoms with E-state index in [1.54, 1.807) is 7.11 Å². The maximum absolute atomic E-state index is 5.09. The largest absolute Gasteiger partial charge is 0.383 e. The molecule has 2 N–H and O–H groups in total. The molecule has 1 fully saturated rings. The summed E-state index contributed by atoms with van der Waals surface area (Å²) in [6.07, 6.45) is 3.65. The van der Waals surface area contributed by atoms with Crippen LogP contribution in [0.4, 0.5) is 0 Å². The second-order valence-electron chi connectivity index (χ2n) is 6.06. The maximum atomic E-state index is 5.09. The van der Waals surface area contributed by atoms with Gasteiger partial charge < -0.3 is 25.2 Å². The monoisotopic (exact) mass is 313 g/mol. The van der Waals surface area contributed by atoms with Crippen molar-refractivity contribution in [2.45, 2.75) is 32.2 Å². The van der Waals surface area contributed by atoms with E-state index in [0.29, 0.717) is 6.04 Å². The number of rotatable bonds is 9. The first kappa shape index (κ1) is 19.2. The van der Waals surface area contributed by atoms with Crippen LogP contribution in [0.2, 0.25) is 0 Å². The number of methoxy groups -OCH3 is 1. The van der Waals surface area contributed by atoms with Crippen molar-refractivity contribution in [2.24, 2.45) is 4.99 Å². The predicted molar refractivity (Wildman–Crippen MR) is 93.6 cm³/mol. The summed E-state index contributed by atoms with van der Waals surface area (Å²) >= 11 is 0. The molecule has 0 aliphatic carbocycles. The highest BCUT2D eigenvalue weighted by Crippen LogP contribution is 2.10. The van der Waals surface area contributed by atoms with Gasteiger partial charge in [-0.3, -0.25) is 4.99 Å². The van der Waals surface area contributed by atoms with E-state index in [0.717, 1.165) is 32.2 Å². The van der Waals surface area contributed by atoms with Crippen molar-refractivity contribution >= 4 is 5.96 Å². The molecule has 1 rings (SSSR count). The zero-order valence-corrected chi connectivity index (χ0v) is 14.9. The fourth-order valence-electron chi connectivity index (χ4n) is 2.73. The number of nitrogens with zero attached hydrogens (tertiary/aromatic N) is 3. The van der Waals surface area contributed by atoms with Crippen LogP contribution in [0, 0.1) is 0 Å². The fraction of sp³-hybridized carbons (Fsp3) is 0.938. The molecule has 1 aliphatic rings. The van der Waals surface area contributed by atoms with Crippen LogP contribution in [0.3, 0.4) is 0 Å². The van der Waals surface area contributed by atoms with Gasteiger partial charge in [0.1, 0.15) is 0 Å². The molecule has 6 heteroatoms. The molecule has 0 aromatic carbocycles. The van der Waals surface area contributed by atoms with Gasteiger partial charge in [-0.2, -0.15) is 0 Å². The third-order valence-corrected chi connectivity index (χ3v) is 4.15. The fourth-order valence-corrected chi connectivity index (χ4v) is 2.73. The van der Waals surface area contributed by atoms with E-state index in [2.05, 4.69) is 39.4 Å². The number of piperidine rings is 1. The summed E-state index contributed by atoms with van der Waals surface area (Å²) in [5.74, 6) is 0.925.